The van der Waals surface area contributed by atoms with Gasteiger partial charge in [-0.3, -0.25) is 0 Å². The molecule has 1 aliphatic heterocycles. The molecule has 1 saturated heterocycles. The molecule has 0 aliphatic carbocycles. The minimum atomic E-state index is -0.198. The summed E-state index contributed by atoms with van der Waals surface area (Å²) in [5, 5.41) is 8.99. The third kappa shape index (κ3) is 3.47. The van der Waals surface area contributed by atoms with Crippen molar-refractivity contribution in [2.75, 3.05) is 19.7 Å². The van der Waals surface area contributed by atoms with Crippen LogP contribution in [0, 0.1) is 0 Å². The lowest BCUT2D eigenvalue weighted by Crippen LogP contribution is -2.48. The lowest BCUT2D eigenvalue weighted by atomic mass is 9.91. The van der Waals surface area contributed by atoms with Crippen LogP contribution in [0.2, 0.25) is 0 Å². The van der Waals surface area contributed by atoms with Crippen molar-refractivity contribution in [3.05, 3.63) is 35.4 Å². The number of hydrogen-bond donors (Lipinski definition) is 1. The summed E-state index contributed by atoms with van der Waals surface area (Å²) < 4.78 is 5.16. The predicted molar refractivity (Wildman–Crippen MR) is 72.9 cm³/mol. The van der Waals surface area contributed by atoms with Crippen LogP contribution in [0.5, 0.6) is 0 Å². The van der Waals surface area contributed by atoms with Crippen molar-refractivity contribution < 1.29 is 14.6 Å². The highest BCUT2D eigenvalue weighted by Gasteiger charge is 2.32. The zero-order valence-corrected chi connectivity index (χ0v) is 11.3. The quantitative estimate of drug-likeness (QED) is 0.830. The second kappa shape index (κ2) is 6.57. The van der Waals surface area contributed by atoms with Gasteiger partial charge in [-0.2, -0.15) is 0 Å². The molecule has 19 heavy (non-hydrogen) atoms. The van der Waals surface area contributed by atoms with Gasteiger partial charge in [-0.15, -0.1) is 0 Å². The molecule has 2 rings (SSSR count). The average molecular weight is 263 g/mol. The Morgan fingerprint density at radius 3 is 2.63 bits per heavy atom. The fourth-order valence-electron chi connectivity index (χ4n) is 2.13. The normalized spacial score (nSPS) is 15.2. The topological polar surface area (TPSA) is 49.8 Å². The van der Waals surface area contributed by atoms with Gasteiger partial charge in [0.2, 0.25) is 0 Å². The molecule has 4 nitrogen and oxygen atoms in total. The van der Waals surface area contributed by atoms with Crippen molar-refractivity contribution in [3.63, 3.8) is 0 Å². The molecule has 0 spiro atoms. The largest absolute Gasteiger partial charge is 0.449 e. The van der Waals surface area contributed by atoms with E-state index in [9.17, 15) is 4.79 Å². The molecule has 0 bridgehead atoms. The Balaban J connectivity index is 1.77. The Bertz CT molecular complexity index is 410. The van der Waals surface area contributed by atoms with Gasteiger partial charge < -0.3 is 14.7 Å². The van der Waals surface area contributed by atoms with Crippen molar-refractivity contribution in [2.45, 2.75) is 32.3 Å². The summed E-state index contributed by atoms with van der Waals surface area (Å²) >= 11 is 0. The van der Waals surface area contributed by atoms with Gasteiger partial charge in [0.25, 0.3) is 0 Å². The molecular weight excluding hydrogens is 242 g/mol. The first-order valence-electron chi connectivity index (χ1n) is 6.86. The van der Waals surface area contributed by atoms with E-state index in [1.807, 2.05) is 24.3 Å². The van der Waals surface area contributed by atoms with Crippen LogP contribution < -0.4 is 0 Å². The Morgan fingerprint density at radius 2 is 2.05 bits per heavy atom. The second-order valence-electron chi connectivity index (χ2n) is 4.97. The number of amides is 1. The van der Waals surface area contributed by atoms with Crippen LogP contribution in [-0.4, -0.2) is 35.8 Å². The predicted octanol–water partition coefficient (Wildman–Crippen LogP) is 2.51. The van der Waals surface area contributed by atoms with Crippen LogP contribution in [0.1, 0.15) is 36.8 Å². The van der Waals surface area contributed by atoms with Crippen LogP contribution in [0.4, 0.5) is 4.79 Å². The Kier molecular flexibility index (Phi) is 4.80. The van der Waals surface area contributed by atoms with Crippen molar-refractivity contribution in [2.24, 2.45) is 0 Å². The van der Waals surface area contributed by atoms with Gasteiger partial charge in [-0.05, 0) is 17.5 Å². The van der Waals surface area contributed by atoms with Crippen molar-refractivity contribution in [1.29, 1.82) is 0 Å². The zero-order chi connectivity index (χ0) is 13.7. The first-order chi connectivity index (χ1) is 9.24. The van der Waals surface area contributed by atoms with Gasteiger partial charge in [-0.25, -0.2) is 4.79 Å². The Hall–Kier alpha value is -1.55. The van der Waals surface area contributed by atoms with Crippen LogP contribution in [0.3, 0.4) is 0 Å². The standard InChI is InChI=1S/C15H21NO3/c1-2-3-8-19-15(18)16-9-14(10-16)13-6-4-12(11-17)5-7-13/h4-7,14,17H,2-3,8-11H2,1H3. The first-order valence-corrected chi connectivity index (χ1v) is 6.86. The Morgan fingerprint density at radius 1 is 1.37 bits per heavy atom. The van der Waals surface area contributed by atoms with E-state index in [4.69, 9.17) is 9.84 Å². The van der Waals surface area contributed by atoms with E-state index in [1.54, 1.807) is 4.90 Å². The molecule has 1 heterocycles. The molecule has 1 fully saturated rings. The number of rotatable bonds is 5. The fourth-order valence-corrected chi connectivity index (χ4v) is 2.13. The molecule has 0 radical (unpaired) electrons. The van der Waals surface area contributed by atoms with Gasteiger partial charge in [0, 0.05) is 19.0 Å². The van der Waals surface area contributed by atoms with Crippen LogP contribution in [0.25, 0.3) is 0 Å². The summed E-state index contributed by atoms with van der Waals surface area (Å²) in [4.78, 5) is 13.4. The fraction of sp³-hybridized carbons (Fsp3) is 0.533. The summed E-state index contributed by atoms with van der Waals surface area (Å²) in [5.74, 6) is 0.395. The number of benzene rings is 1. The molecule has 104 valence electrons. The SMILES string of the molecule is CCCCOC(=O)N1CC(c2ccc(CO)cc2)C1. The van der Waals surface area contributed by atoms with Gasteiger partial charge >= 0.3 is 6.09 Å². The molecule has 1 amide bonds. The maximum Gasteiger partial charge on any atom is 0.409 e. The minimum Gasteiger partial charge on any atom is -0.449 e. The summed E-state index contributed by atoms with van der Waals surface area (Å²) in [7, 11) is 0. The molecule has 0 atom stereocenters. The molecule has 1 aromatic carbocycles. The highest BCUT2D eigenvalue weighted by atomic mass is 16.6. The zero-order valence-electron chi connectivity index (χ0n) is 11.3. The molecular formula is C15H21NO3. The third-order valence-electron chi connectivity index (χ3n) is 3.50. The number of nitrogens with zero attached hydrogens (tertiary/aromatic N) is 1. The molecule has 4 heteroatoms. The molecule has 1 aromatic rings. The maximum absolute atomic E-state index is 11.6. The van der Waals surface area contributed by atoms with Crippen LogP contribution >= 0.6 is 0 Å². The van der Waals surface area contributed by atoms with E-state index in [-0.39, 0.29) is 12.7 Å². The monoisotopic (exact) mass is 263 g/mol. The summed E-state index contributed by atoms with van der Waals surface area (Å²) in [5.41, 5.74) is 2.13. The highest BCUT2D eigenvalue weighted by Crippen LogP contribution is 2.27. The lowest BCUT2D eigenvalue weighted by molar-refractivity contribution is 0.0706. The number of hydrogen-bond acceptors (Lipinski definition) is 3. The average Bonchev–Trinajstić information content (AvgIpc) is 2.38. The molecule has 0 aromatic heterocycles. The molecule has 0 unspecified atom stereocenters. The number of aliphatic hydroxyl groups excluding tert-OH is 1. The summed E-state index contributed by atoms with van der Waals surface area (Å²) in [6.45, 7) is 4.11. The number of carbonyl (C=O) groups excluding carboxylic acids is 1. The van der Waals surface area contributed by atoms with E-state index >= 15 is 0 Å². The third-order valence-corrected chi connectivity index (χ3v) is 3.50. The van der Waals surface area contributed by atoms with Crippen LogP contribution in [0.15, 0.2) is 24.3 Å². The van der Waals surface area contributed by atoms with Gasteiger partial charge in [0.05, 0.1) is 13.2 Å². The number of ether oxygens (including phenoxy) is 1. The molecule has 1 aliphatic rings. The van der Waals surface area contributed by atoms with Gasteiger partial charge in [0.15, 0.2) is 0 Å². The van der Waals surface area contributed by atoms with Crippen molar-refractivity contribution in [3.8, 4) is 0 Å². The molecule has 1 N–H and O–H groups in total. The Labute approximate surface area is 114 Å². The van der Waals surface area contributed by atoms with E-state index in [1.165, 1.54) is 5.56 Å². The van der Waals surface area contributed by atoms with E-state index in [0.29, 0.717) is 12.5 Å². The first kappa shape index (κ1) is 13.9. The highest BCUT2D eigenvalue weighted by molar-refractivity contribution is 5.69. The van der Waals surface area contributed by atoms with E-state index in [0.717, 1.165) is 31.5 Å². The summed E-state index contributed by atoms with van der Waals surface area (Å²) in [6.07, 6.45) is 1.76. The minimum absolute atomic E-state index is 0.0703. The maximum atomic E-state index is 11.6. The summed E-state index contributed by atoms with van der Waals surface area (Å²) in [6, 6.07) is 7.90. The number of carbonyl (C=O) groups is 1. The molecule has 0 saturated carbocycles. The van der Waals surface area contributed by atoms with E-state index in [2.05, 4.69) is 6.92 Å². The second-order valence-corrected chi connectivity index (χ2v) is 4.97. The number of likely N-dealkylation sites (tertiary alicyclic amines) is 1. The number of unbranched alkanes of at least 4 members (excludes halogenated alkanes) is 1. The van der Waals surface area contributed by atoms with Crippen molar-refractivity contribution >= 4 is 6.09 Å². The van der Waals surface area contributed by atoms with E-state index < -0.39 is 0 Å². The van der Waals surface area contributed by atoms with Crippen molar-refractivity contribution in [1.82, 2.24) is 4.90 Å². The van der Waals surface area contributed by atoms with Gasteiger partial charge in [0.1, 0.15) is 0 Å². The lowest BCUT2D eigenvalue weighted by Gasteiger charge is -2.38. The number of aliphatic hydroxyl groups is 1. The smallest absolute Gasteiger partial charge is 0.409 e. The van der Waals surface area contributed by atoms with Gasteiger partial charge in [-0.1, -0.05) is 37.6 Å². The van der Waals surface area contributed by atoms with Crippen LogP contribution in [-0.2, 0) is 11.3 Å².